The number of urea groups is 1. The summed E-state index contributed by atoms with van der Waals surface area (Å²) in [6.45, 7) is -0.712. The van der Waals surface area contributed by atoms with Crippen LogP contribution in [0, 0.1) is 11.3 Å². The van der Waals surface area contributed by atoms with Crippen molar-refractivity contribution in [1.29, 1.82) is 5.26 Å². The Morgan fingerprint density at radius 2 is 1.96 bits per heavy atom. The van der Waals surface area contributed by atoms with Crippen LogP contribution in [0.1, 0.15) is 11.3 Å². The van der Waals surface area contributed by atoms with Crippen molar-refractivity contribution in [3.05, 3.63) is 53.4 Å². The summed E-state index contributed by atoms with van der Waals surface area (Å²) < 4.78 is 5.61. The molecule has 8 heteroatoms. The topological polar surface area (TPSA) is 124 Å². The summed E-state index contributed by atoms with van der Waals surface area (Å²) in [4.78, 5) is 35.0. The Labute approximate surface area is 141 Å². The third-order valence-corrected chi connectivity index (χ3v) is 3.47. The van der Waals surface area contributed by atoms with E-state index in [2.05, 4.69) is 5.32 Å². The summed E-state index contributed by atoms with van der Waals surface area (Å²) in [5.41, 5.74) is 1.21. The van der Waals surface area contributed by atoms with E-state index in [9.17, 15) is 14.4 Å². The van der Waals surface area contributed by atoms with Crippen molar-refractivity contribution in [2.24, 2.45) is 0 Å². The standard InChI is InChI=1S/C17H11N3O5/c18-8-10-1-3-11(4-2-10)14-6-5-12(25-14)7-13-16(23)20(9-15(21)22)17(24)19-13/h1-7H,9H2,(H,19,24)(H,21,22)/b13-7+. The lowest BCUT2D eigenvalue weighted by atomic mass is 10.1. The zero-order valence-electron chi connectivity index (χ0n) is 12.7. The number of imide groups is 1. The van der Waals surface area contributed by atoms with Crippen LogP contribution < -0.4 is 5.32 Å². The minimum Gasteiger partial charge on any atom is -0.480 e. The van der Waals surface area contributed by atoms with Crippen molar-refractivity contribution in [3.8, 4) is 17.4 Å². The molecule has 3 rings (SSSR count). The number of nitrogens with one attached hydrogen (secondary N) is 1. The zero-order chi connectivity index (χ0) is 18.0. The maximum Gasteiger partial charge on any atom is 0.329 e. The molecule has 0 radical (unpaired) electrons. The van der Waals surface area contributed by atoms with Gasteiger partial charge in [0.2, 0.25) is 0 Å². The molecule has 8 nitrogen and oxygen atoms in total. The normalized spacial score (nSPS) is 15.3. The van der Waals surface area contributed by atoms with Gasteiger partial charge in [0, 0.05) is 11.6 Å². The molecule has 2 heterocycles. The van der Waals surface area contributed by atoms with Crippen LogP contribution in [0.4, 0.5) is 4.79 Å². The Morgan fingerprint density at radius 1 is 1.24 bits per heavy atom. The lowest BCUT2D eigenvalue weighted by Crippen LogP contribution is -2.35. The van der Waals surface area contributed by atoms with Gasteiger partial charge in [-0.2, -0.15) is 5.26 Å². The zero-order valence-corrected chi connectivity index (χ0v) is 12.7. The van der Waals surface area contributed by atoms with Crippen molar-refractivity contribution in [1.82, 2.24) is 10.2 Å². The Balaban J connectivity index is 1.82. The monoisotopic (exact) mass is 337 g/mol. The number of nitrogens with zero attached hydrogens (tertiary/aromatic N) is 2. The molecular formula is C17H11N3O5. The van der Waals surface area contributed by atoms with Gasteiger partial charge in [0.05, 0.1) is 11.6 Å². The maximum atomic E-state index is 12.0. The van der Waals surface area contributed by atoms with E-state index in [-0.39, 0.29) is 5.70 Å². The van der Waals surface area contributed by atoms with Crippen LogP contribution >= 0.6 is 0 Å². The summed E-state index contributed by atoms with van der Waals surface area (Å²) in [5, 5.41) is 19.8. The Morgan fingerprint density at radius 3 is 2.60 bits per heavy atom. The summed E-state index contributed by atoms with van der Waals surface area (Å²) in [5.74, 6) is -1.18. The SMILES string of the molecule is N#Cc1ccc(-c2ccc(/C=C3/NC(=O)N(CC(=O)O)C3=O)o2)cc1. The van der Waals surface area contributed by atoms with Crippen molar-refractivity contribution >= 4 is 24.0 Å². The van der Waals surface area contributed by atoms with Crippen LogP contribution in [-0.4, -0.2) is 34.5 Å². The van der Waals surface area contributed by atoms with E-state index in [0.717, 1.165) is 5.56 Å². The maximum absolute atomic E-state index is 12.0. The van der Waals surface area contributed by atoms with Crippen LogP contribution in [0.25, 0.3) is 17.4 Å². The molecule has 1 aliphatic rings. The van der Waals surface area contributed by atoms with Gasteiger partial charge in [0.1, 0.15) is 23.8 Å². The fourth-order valence-corrected chi connectivity index (χ4v) is 2.29. The molecule has 25 heavy (non-hydrogen) atoms. The number of aliphatic carboxylic acids is 1. The van der Waals surface area contributed by atoms with Crippen LogP contribution in [0.5, 0.6) is 0 Å². The van der Waals surface area contributed by atoms with Crippen molar-refractivity contribution in [2.75, 3.05) is 6.54 Å². The van der Waals surface area contributed by atoms with Gasteiger partial charge in [0.25, 0.3) is 5.91 Å². The highest BCUT2D eigenvalue weighted by molar-refractivity contribution is 6.14. The van der Waals surface area contributed by atoms with Crippen LogP contribution in [0.15, 0.2) is 46.5 Å². The number of carboxylic acids is 1. The third-order valence-electron chi connectivity index (χ3n) is 3.47. The number of nitriles is 1. The smallest absolute Gasteiger partial charge is 0.329 e. The second kappa shape index (κ2) is 6.33. The van der Waals surface area contributed by atoms with Gasteiger partial charge < -0.3 is 14.8 Å². The number of furan rings is 1. The molecule has 0 spiro atoms. The van der Waals surface area contributed by atoms with E-state index in [1.54, 1.807) is 36.4 Å². The van der Waals surface area contributed by atoms with Gasteiger partial charge in [-0.25, -0.2) is 9.69 Å². The first-order valence-electron chi connectivity index (χ1n) is 7.14. The predicted molar refractivity (Wildman–Crippen MR) is 84.7 cm³/mol. The fraction of sp³-hybridized carbons (Fsp3) is 0.0588. The first kappa shape index (κ1) is 16.0. The molecule has 1 saturated heterocycles. The summed E-state index contributed by atoms with van der Waals surface area (Å²) in [6.07, 6.45) is 1.33. The quantitative estimate of drug-likeness (QED) is 0.647. The van der Waals surface area contributed by atoms with Crippen LogP contribution in [0.2, 0.25) is 0 Å². The summed E-state index contributed by atoms with van der Waals surface area (Å²) >= 11 is 0. The predicted octanol–water partition coefficient (Wildman–Crippen LogP) is 1.80. The molecule has 0 aliphatic carbocycles. The summed E-state index contributed by atoms with van der Waals surface area (Å²) in [6, 6.07) is 11.3. The minimum atomic E-state index is -1.29. The molecule has 3 amide bonds. The lowest BCUT2D eigenvalue weighted by Gasteiger charge is -2.06. The molecule has 1 fully saturated rings. The number of rotatable bonds is 4. The van der Waals surface area contributed by atoms with E-state index < -0.39 is 24.5 Å². The van der Waals surface area contributed by atoms with E-state index >= 15 is 0 Å². The Kier molecular flexibility index (Phi) is 4.05. The minimum absolute atomic E-state index is 0.0630. The number of hydrogen-bond acceptors (Lipinski definition) is 5. The van der Waals surface area contributed by atoms with Gasteiger partial charge in [-0.05, 0) is 36.4 Å². The second-order valence-corrected chi connectivity index (χ2v) is 5.16. The molecule has 2 aromatic rings. The van der Waals surface area contributed by atoms with Gasteiger partial charge in [-0.3, -0.25) is 9.59 Å². The largest absolute Gasteiger partial charge is 0.480 e. The average Bonchev–Trinajstić information content (AvgIpc) is 3.15. The fourth-order valence-electron chi connectivity index (χ4n) is 2.29. The van der Waals surface area contributed by atoms with Crippen LogP contribution in [0.3, 0.4) is 0 Å². The summed E-state index contributed by atoms with van der Waals surface area (Å²) in [7, 11) is 0. The molecule has 0 saturated carbocycles. The second-order valence-electron chi connectivity index (χ2n) is 5.16. The van der Waals surface area contributed by atoms with Gasteiger partial charge in [0.15, 0.2) is 0 Å². The Hall–Kier alpha value is -3.86. The van der Waals surface area contributed by atoms with E-state index in [0.29, 0.717) is 22.0 Å². The molecular weight excluding hydrogens is 326 g/mol. The van der Waals surface area contributed by atoms with Crippen LogP contribution in [-0.2, 0) is 9.59 Å². The number of carbonyl (C=O) groups is 3. The van der Waals surface area contributed by atoms with Gasteiger partial charge in [-0.1, -0.05) is 0 Å². The molecule has 0 atom stereocenters. The van der Waals surface area contributed by atoms with Gasteiger partial charge in [-0.15, -0.1) is 0 Å². The molecule has 0 unspecified atom stereocenters. The van der Waals surface area contributed by atoms with E-state index in [1.165, 1.54) is 6.08 Å². The third kappa shape index (κ3) is 3.25. The molecule has 2 N–H and O–H groups in total. The van der Waals surface area contributed by atoms with Crippen molar-refractivity contribution < 1.29 is 23.9 Å². The highest BCUT2D eigenvalue weighted by Gasteiger charge is 2.35. The number of carboxylic acid groups (broad SMARTS) is 1. The number of benzene rings is 1. The molecule has 1 aromatic heterocycles. The van der Waals surface area contributed by atoms with Gasteiger partial charge >= 0.3 is 12.0 Å². The lowest BCUT2D eigenvalue weighted by molar-refractivity contribution is -0.140. The first-order valence-corrected chi connectivity index (χ1v) is 7.14. The highest BCUT2D eigenvalue weighted by Crippen LogP contribution is 2.24. The molecule has 124 valence electrons. The Bertz CT molecular complexity index is 934. The van der Waals surface area contributed by atoms with Crippen molar-refractivity contribution in [3.63, 3.8) is 0 Å². The van der Waals surface area contributed by atoms with E-state index in [1.807, 2.05) is 6.07 Å². The highest BCUT2D eigenvalue weighted by atomic mass is 16.4. The molecule has 1 aliphatic heterocycles. The number of hydrogen-bond donors (Lipinski definition) is 2. The molecule has 0 bridgehead atoms. The molecule has 1 aromatic carbocycles. The number of carbonyl (C=O) groups excluding carboxylic acids is 2. The first-order chi connectivity index (χ1) is 12.0. The number of amides is 3. The van der Waals surface area contributed by atoms with Crippen molar-refractivity contribution in [2.45, 2.75) is 0 Å². The average molecular weight is 337 g/mol. The van der Waals surface area contributed by atoms with E-state index in [4.69, 9.17) is 14.8 Å².